The summed E-state index contributed by atoms with van der Waals surface area (Å²) in [6.45, 7) is 7.49. The van der Waals surface area contributed by atoms with Gasteiger partial charge in [0.15, 0.2) is 5.96 Å². The van der Waals surface area contributed by atoms with Gasteiger partial charge >= 0.3 is 0 Å². The molecular weight excluding hydrogens is 519 g/mol. The third-order valence-electron chi connectivity index (χ3n) is 5.11. The topological polar surface area (TPSA) is 77.0 Å². The van der Waals surface area contributed by atoms with Crippen LogP contribution in [-0.2, 0) is 17.8 Å². The molecule has 2 N–H and O–H groups in total. The molecule has 1 atom stereocenters. The Kier molecular flexibility index (Phi) is 11.6. The Morgan fingerprint density at radius 1 is 1.22 bits per heavy atom. The van der Waals surface area contributed by atoms with Gasteiger partial charge in [-0.15, -0.1) is 24.0 Å². The molecule has 1 aromatic heterocycles. The molecule has 1 saturated heterocycles. The van der Waals surface area contributed by atoms with Crippen LogP contribution >= 0.6 is 24.0 Å². The van der Waals surface area contributed by atoms with E-state index in [1.807, 2.05) is 12.1 Å². The van der Waals surface area contributed by atoms with Crippen LogP contribution in [0.2, 0.25) is 0 Å². The third kappa shape index (κ3) is 8.12. The number of aryl methyl sites for hydroxylation is 1. The number of benzene rings is 1. The van der Waals surface area contributed by atoms with E-state index in [1.54, 1.807) is 13.2 Å². The summed E-state index contributed by atoms with van der Waals surface area (Å²) in [5.74, 6) is 2.28. The molecule has 2 aromatic rings. The van der Waals surface area contributed by atoms with Crippen LogP contribution in [0.1, 0.15) is 42.9 Å². The summed E-state index contributed by atoms with van der Waals surface area (Å²) in [7, 11) is 1.76. The highest BCUT2D eigenvalue weighted by molar-refractivity contribution is 14.0. The lowest BCUT2D eigenvalue weighted by Gasteiger charge is -2.18. The summed E-state index contributed by atoms with van der Waals surface area (Å²) in [6, 6.07) is 10.2. The Balaban J connectivity index is 0.00000363. The fourth-order valence-electron chi connectivity index (χ4n) is 3.28. The number of nitrogens with one attached hydrogen (secondary N) is 2. The molecule has 2 heterocycles. The van der Waals surface area contributed by atoms with E-state index in [9.17, 15) is 0 Å². The van der Waals surface area contributed by atoms with Gasteiger partial charge in [0.2, 0.25) is 5.88 Å². The molecule has 0 saturated carbocycles. The Labute approximate surface area is 208 Å². The lowest BCUT2D eigenvalue weighted by atomic mass is 10.1. The van der Waals surface area contributed by atoms with Gasteiger partial charge in [0.25, 0.3) is 0 Å². The lowest BCUT2D eigenvalue weighted by molar-refractivity contribution is 0.140. The summed E-state index contributed by atoms with van der Waals surface area (Å²) in [4.78, 5) is 8.71. The molecule has 0 bridgehead atoms. The zero-order chi connectivity index (χ0) is 21.9. The molecule has 1 aliphatic heterocycles. The summed E-state index contributed by atoms with van der Waals surface area (Å²) in [5.41, 5.74) is 3.26. The fourth-order valence-corrected chi connectivity index (χ4v) is 3.28. The van der Waals surface area contributed by atoms with E-state index in [0.717, 1.165) is 42.7 Å². The maximum atomic E-state index is 6.19. The third-order valence-corrected chi connectivity index (χ3v) is 5.11. The van der Waals surface area contributed by atoms with Gasteiger partial charge in [0.1, 0.15) is 11.9 Å². The van der Waals surface area contributed by atoms with Gasteiger partial charge in [-0.25, -0.2) is 4.98 Å². The van der Waals surface area contributed by atoms with Gasteiger partial charge in [0.05, 0.1) is 19.8 Å². The maximum absolute atomic E-state index is 6.19. The first-order chi connectivity index (χ1) is 15.2. The number of nitrogens with zero attached hydrogens (tertiary/aromatic N) is 2. The molecule has 7 nitrogen and oxygen atoms in total. The van der Waals surface area contributed by atoms with Crippen molar-refractivity contribution >= 4 is 29.9 Å². The number of guanidine groups is 1. The second kappa shape index (κ2) is 14.2. The van der Waals surface area contributed by atoms with Crippen molar-refractivity contribution in [3.05, 3.63) is 53.2 Å². The minimum atomic E-state index is 0. The van der Waals surface area contributed by atoms with Crippen LogP contribution in [0, 0.1) is 6.92 Å². The number of unbranched alkanes of at least 4 members (excludes halogenated alkanes) is 1. The van der Waals surface area contributed by atoms with Crippen LogP contribution in [0.3, 0.4) is 0 Å². The number of ether oxygens (including phenoxy) is 3. The van der Waals surface area contributed by atoms with Crippen LogP contribution in [0.25, 0.3) is 0 Å². The molecule has 0 aliphatic carbocycles. The molecule has 0 spiro atoms. The number of halogens is 1. The number of rotatable bonds is 10. The second-order valence-corrected chi connectivity index (χ2v) is 7.66. The maximum Gasteiger partial charge on any atom is 0.218 e. The first kappa shape index (κ1) is 26.2. The number of aliphatic imine (C=N–C) groups is 1. The van der Waals surface area contributed by atoms with Crippen LogP contribution in [-0.4, -0.2) is 43.9 Å². The predicted molar refractivity (Wildman–Crippen MR) is 138 cm³/mol. The van der Waals surface area contributed by atoms with E-state index in [2.05, 4.69) is 52.7 Å². The van der Waals surface area contributed by atoms with Crippen LogP contribution in [0.5, 0.6) is 11.6 Å². The van der Waals surface area contributed by atoms with E-state index < -0.39 is 0 Å². The monoisotopic (exact) mass is 554 g/mol. The minimum absolute atomic E-state index is 0. The molecule has 1 aliphatic rings. The minimum Gasteiger partial charge on any atom is -0.488 e. The number of hydrogen-bond acceptors (Lipinski definition) is 5. The van der Waals surface area contributed by atoms with Crippen LogP contribution < -0.4 is 20.1 Å². The average Bonchev–Trinajstić information content (AvgIpc) is 3.29. The van der Waals surface area contributed by atoms with Gasteiger partial charge in [-0.05, 0) is 31.0 Å². The Morgan fingerprint density at radius 2 is 2.03 bits per heavy atom. The van der Waals surface area contributed by atoms with Gasteiger partial charge in [0, 0.05) is 43.9 Å². The molecule has 1 aromatic carbocycles. The first-order valence-electron chi connectivity index (χ1n) is 11.0. The van der Waals surface area contributed by atoms with Gasteiger partial charge in [-0.3, -0.25) is 4.99 Å². The number of hydrogen-bond donors (Lipinski definition) is 2. The average molecular weight is 554 g/mol. The molecule has 8 heteroatoms. The highest BCUT2D eigenvalue weighted by Crippen LogP contribution is 2.24. The SMILES string of the molecule is CCCCOc1ncccc1CNC(=NC)NCc1ccc(C)cc1OC1CCOC1.I. The zero-order valence-corrected chi connectivity index (χ0v) is 21.6. The molecule has 1 unspecified atom stereocenters. The molecule has 1 fully saturated rings. The molecule has 32 heavy (non-hydrogen) atoms. The van der Waals surface area contributed by atoms with E-state index >= 15 is 0 Å². The van der Waals surface area contributed by atoms with Crippen molar-refractivity contribution in [3.63, 3.8) is 0 Å². The van der Waals surface area contributed by atoms with E-state index in [0.29, 0.717) is 38.1 Å². The summed E-state index contributed by atoms with van der Waals surface area (Å²) in [6.07, 6.45) is 4.91. The van der Waals surface area contributed by atoms with Crippen molar-refractivity contribution in [2.24, 2.45) is 4.99 Å². The molecule has 0 radical (unpaired) electrons. The quantitative estimate of drug-likeness (QED) is 0.198. The fraction of sp³-hybridized carbons (Fsp3) is 0.500. The molecule has 0 amide bonds. The molecular formula is C24H35IN4O3. The van der Waals surface area contributed by atoms with Gasteiger partial charge in [-0.2, -0.15) is 0 Å². The Bertz CT molecular complexity index is 857. The molecule has 3 rings (SSSR count). The van der Waals surface area contributed by atoms with Gasteiger partial charge in [-0.1, -0.05) is 31.5 Å². The van der Waals surface area contributed by atoms with Crippen molar-refractivity contribution in [2.45, 2.75) is 52.3 Å². The van der Waals surface area contributed by atoms with Crippen molar-refractivity contribution in [2.75, 3.05) is 26.9 Å². The highest BCUT2D eigenvalue weighted by Gasteiger charge is 2.19. The van der Waals surface area contributed by atoms with Crippen LogP contribution in [0.4, 0.5) is 0 Å². The van der Waals surface area contributed by atoms with E-state index in [1.165, 1.54) is 5.56 Å². The van der Waals surface area contributed by atoms with E-state index in [-0.39, 0.29) is 30.1 Å². The van der Waals surface area contributed by atoms with E-state index in [4.69, 9.17) is 14.2 Å². The molecule has 176 valence electrons. The normalized spacial score (nSPS) is 15.7. The smallest absolute Gasteiger partial charge is 0.218 e. The first-order valence-corrected chi connectivity index (χ1v) is 11.0. The van der Waals surface area contributed by atoms with Gasteiger partial charge < -0.3 is 24.8 Å². The lowest BCUT2D eigenvalue weighted by Crippen LogP contribution is -2.36. The largest absolute Gasteiger partial charge is 0.488 e. The number of pyridine rings is 1. The Hall–Kier alpha value is -2.07. The van der Waals surface area contributed by atoms with Crippen molar-refractivity contribution in [1.82, 2.24) is 15.6 Å². The standard InChI is InChI=1S/C24H34N4O3.HI/c1-4-5-12-30-23-20(7-6-11-26-23)16-28-24(25-3)27-15-19-9-8-18(2)14-22(19)31-21-10-13-29-17-21;/h6-9,11,14,21H,4-5,10,12-13,15-17H2,1-3H3,(H2,25,27,28);1H. The summed E-state index contributed by atoms with van der Waals surface area (Å²) < 4.78 is 17.5. The highest BCUT2D eigenvalue weighted by atomic mass is 127. The van der Waals surface area contributed by atoms with Crippen LogP contribution in [0.15, 0.2) is 41.5 Å². The predicted octanol–water partition coefficient (Wildman–Crippen LogP) is 4.22. The van der Waals surface area contributed by atoms with Crippen molar-refractivity contribution in [1.29, 1.82) is 0 Å². The van der Waals surface area contributed by atoms with Crippen molar-refractivity contribution < 1.29 is 14.2 Å². The zero-order valence-electron chi connectivity index (χ0n) is 19.2. The number of aromatic nitrogens is 1. The Morgan fingerprint density at radius 3 is 2.75 bits per heavy atom. The second-order valence-electron chi connectivity index (χ2n) is 7.66. The van der Waals surface area contributed by atoms with Crippen molar-refractivity contribution in [3.8, 4) is 11.6 Å². The summed E-state index contributed by atoms with van der Waals surface area (Å²) >= 11 is 0. The summed E-state index contributed by atoms with van der Waals surface area (Å²) in [5, 5.41) is 6.73.